The van der Waals surface area contributed by atoms with E-state index in [0.29, 0.717) is 18.2 Å². The first-order chi connectivity index (χ1) is 12.4. The minimum absolute atomic E-state index is 0.272. The van der Waals surface area contributed by atoms with Crippen LogP contribution in [0.5, 0.6) is 0 Å². The van der Waals surface area contributed by atoms with Crippen molar-refractivity contribution in [3.63, 3.8) is 0 Å². The zero-order chi connectivity index (χ0) is 18.7. The molecular weight excluding hydrogens is 350 g/mol. The Kier molecular flexibility index (Phi) is 5.74. The number of sulfonamides is 1. The number of hydrogen-bond donors (Lipinski definition) is 2. The summed E-state index contributed by atoms with van der Waals surface area (Å²) in [6.07, 6.45) is 1.46. The van der Waals surface area contributed by atoms with Gasteiger partial charge in [-0.3, -0.25) is 0 Å². The number of benzene rings is 1. The SMILES string of the molecule is Cc1ccc(S(=O)(=O)N[C@@H](CC(C)C)c2nnc3n2CCNCC3)cc1. The highest BCUT2D eigenvalue weighted by Gasteiger charge is 2.28. The fraction of sp³-hybridized carbons (Fsp3) is 0.556. The molecule has 8 heteroatoms. The van der Waals surface area contributed by atoms with Crippen molar-refractivity contribution in [1.29, 1.82) is 0 Å². The molecule has 0 saturated heterocycles. The van der Waals surface area contributed by atoms with E-state index < -0.39 is 16.1 Å². The molecule has 0 fully saturated rings. The standard InChI is InChI=1S/C18H27N5O2S/c1-13(2)12-16(18-21-20-17-8-9-19-10-11-23(17)18)22-26(24,25)15-6-4-14(3)5-7-15/h4-7,13,16,19,22H,8-12H2,1-3H3/t16-/m0/s1. The second-order valence-electron chi connectivity index (χ2n) is 7.24. The van der Waals surface area contributed by atoms with Gasteiger partial charge in [-0.1, -0.05) is 31.5 Å². The van der Waals surface area contributed by atoms with Crippen molar-refractivity contribution in [2.75, 3.05) is 13.1 Å². The molecule has 142 valence electrons. The van der Waals surface area contributed by atoms with Crippen LogP contribution < -0.4 is 10.0 Å². The van der Waals surface area contributed by atoms with Gasteiger partial charge in [-0.15, -0.1) is 10.2 Å². The molecule has 0 amide bonds. The van der Waals surface area contributed by atoms with Crippen molar-refractivity contribution >= 4 is 10.0 Å². The van der Waals surface area contributed by atoms with Crippen LogP contribution >= 0.6 is 0 Å². The van der Waals surface area contributed by atoms with Gasteiger partial charge in [0.25, 0.3) is 0 Å². The quantitative estimate of drug-likeness (QED) is 0.801. The van der Waals surface area contributed by atoms with Gasteiger partial charge in [0, 0.05) is 26.1 Å². The summed E-state index contributed by atoms with van der Waals surface area (Å²) in [5, 5.41) is 12.0. The molecule has 7 nitrogen and oxygen atoms in total. The Labute approximate surface area is 155 Å². The van der Waals surface area contributed by atoms with E-state index in [0.717, 1.165) is 37.4 Å². The maximum Gasteiger partial charge on any atom is 0.241 e. The van der Waals surface area contributed by atoms with E-state index in [1.807, 2.05) is 6.92 Å². The molecule has 26 heavy (non-hydrogen) atoms. The minimum Gasteiger partial charge on any atom is -0.315 e. The predicted octanol–water partition coefficient (Wildman–Crippen LogP) is 1.80. The van der Waals surface area contributed by atoms with Crippen LogP contribution in [0.15, 0.2) is 29.2 Å². The first-order valence-corrected chi connectivity index (χ1v) is 10.6. The lowest BCUT2D eigenvalue weighted by molar-refractivity contribution is 0.439. The first-order valence-electron chi connectivity index (χ1n) is 9.08. The molecule has 2 aromatic rings. The largest absolute Gasteiger partial charge is 0.315 e. The summed E-state index contributed by atoms with van der Waals surface area (Å²) in [6.45, 7) is 8.53. The third kappa shape index (κ3) is 4.31. The van der Waals surface area contributed by atoms with Gasteiger partial charge in [-0.05, 0) is 31.4 Å². The van der Waals surface area contributed by atoms with Gasteiger partial charge in [0.2, 0.25) is 10.0 Å². The molecule has 0 bridgehead atoms. The molecule has 0 radical (unpaired) electrons. The van der Waals surface area contributed by atoms with Crippen LogP contribution in [0.4, 0.5) is 0 Å². The lowest BCUT2D eigenvalue weighted by Gasteiger charge is -2.21. The molecule has 1 atom stereocenters. The van der Waals surface area contributed by atoms with E-state index >= 15 is 0 Å². The summed E-state index contributed by atoms with van der Waals surface area (Å²) >= 11 is 0. The van der Waals surface area contributed by atoms with Crippen molar-refractivity contribution in [3.05, 3.63) is 41.5 Å². The average molecular weight is 378 g/mol. The van der Waals surface area contributed by atoms with Crippen molar-refractivity contribution in [3.8, 4) is 0 Å². The third-order valence-corrected chi connectivity index (χ3v) is 6.03. The van der Waals surface area contributed by atoms with E-state index in [1.54, 1.807) is 24.3 Å². The van der Waals surface area contributed by atoms with Gasteiger partial charge >= 0.3 is 0 Å². The van der Waals surface area contributed by atoms with Gasteiger partial charge in [0.05, 0.1) is 10.9 Å². The third-order valence-electron chi connectivity index (χ3n) is 4.54. The second-order valence-corrected chi connectivity index (χ2v) is 8.96. The van der Waals surface area contributed by atoms with Crippen molar-refractivity contribution in [2.45, 2.75) is 51.1 Å². The predicted molar refractivity (Wildman–Crippen MR) is 100 cm³/mol. The summed E-state index contributed by atoms with van der Waals surface area (Å²) in [5.41, 5.74) is 1.03. The number of rotatable bonds is 6. The molecular formula is C18H27N5O2S. The zero-order valence-corrected chi connectivity index (χ0v) is 16.4. The smallest absolute Gasteiger partial charge is 0.241 e. The van der Waals surface area contributed by atoms with Crippen LogP contribution in [0.1, 0.15) is 43.5 Å². The van der Waals surface area contributed by atoms with Crippen molar-refractivity contribution < 1.29 is 8.42 Å². The van der Waals surface area contributed by atoms with E-state index in [9.17, 15) is 8.42 Å². The molecule has 1 aliphatic rings. The second kappa shape index (κ2) is 7.85. The number of aryl methyl sites for hydroxylation is 1. The average Bonchev–Trinajstić information content (AvgIpc) is 2.82. The van der Waals surface area contributed by atoms with Crippen molar-refractivity contribution in [1.82, 2.24) is 24.8 Å². The Balaban J connectivity index is 1.92. The molecule has 1 aromatic carbocycles. The summed E-state index contributed by atoms with van der Waals surface area (Å²) in [7, 11) is -3.63. The summed E-state index contributed by atoms with van der Waals surface area (Å²) in [5.74, 6) is 1.93. The lowest BCUT2D eigenvalue weighted by Crippen LogP contribution is -2.32. The fourth-order valence-electron chi connectivity index (χ4n) is 3.20. The number of nitrogens with zero attached hydrogens (tertiary/aromatic N) is 3. The number of hydrogen-bond acceptors (Lipinski definition) is 5. The topological polar surface area (TPSA) is 88.9 Å². The van der Waals surface area contributed by atoms with Crippen LogP contribution in [-0.2, 0) is 23.0 Å². The van der Waals surface area contributed by atoms with E-state index in [1.165, 1.54) is 0 Å². The highest BCUT2D eigenvalue weighted by molar-refractivity contribution is 7.89. The highest BCUT2D eigenvalue weighted by atomic mass is 32.2. The van der Waals surface area contributed by atoms with E-state index in [-0.39, 0.29) is 4.90 Å². The zero-order valence-electron chi connectivity index (χ0n) is 15.6. The lowest BCUT2D eigenvalue weighted by atomic mass is 10.0. The Bertz CT molecular complexity index is 843. The van der Waals surface area contributed by atoms with Crippen LogP contribution in [0, 0.1) is 12.8 Å². The maximum atomic E-state index is 12.9. The minimum atomic E-state index is -3.63. The molecule has 0 aliphatic carbocycles. The monoisotopic (exact) mass is 377 g/mol. The van der Waals surface area contributed by atoms with Gasteiger partial charge in [-0.25, -0.2) is 13.1 Å². The Hall–Kier alpha value is -1.77. The molecule has 2 N–H and O–H groups in total. The van der Waals surface area contributed by atoms with Crippen LogP contribution in [0.2, 0.25) is 0 Å². The van der Waals surface area contributed by atoms with Gasteiger partial charge < -0.3 is 9.88 Å². The normalized spacial score (nSPS) is 16.3. The molecule has 1 aliphatic heterocycles. The first kappa shape index (κ1) is 19.0. The van der Waals surface area contributed by atoms with E-state index in [2.05, 4.69) is 38.7 Å². The Morgan fingerprint density at radius 1 is 1.19 bits per heavy atom. The molecule has 1 aromatic heterocycles. The molecule has 0 spiro atoms. The van der Waals surface area contributed by atoms with Gasteiger partial charge in [0.1, 0.15) is 5.82 Å². The summed E-state index contributed by atoms with van der Waals surface area (Å²) in [6, 6.07) is 6.48. The van der Waals surface area contributed by atoms with Crippen LogP contribution in [0.3, 0.4) is 0 Å². The van der Waals surface area contributed by atoms with Gasteiger partial charge in [0.15, 0.2) is 5.82 Å². The summed E-state index contributed by atoms with van der Waals surface area (Å²) in [4.78, 5) is 0.272. The molecule has 2 heterocycles. The Morgan fingerprint density at radius 3 is 2.62 bits per heavy atom. The molecule has 3 rings (SSSR count). The highest BCUT2D eigenvalue weighted by Crippen LogP contribution is 2.24. The molecule has 0 saturated carbocycles. The number of aromatic nitrogens is 3. The van der Waals surface area contributed by atoms with Crippen LogP contribution in [-0.4, -0.2) is 36.3 Å². The summed E-state index contributed by atoms with van der Waals surface area (Å²) < 4.78 is 30.7. The van der Waals surface area contributed by atoms with E-state index in [4.69, 9.17) is 0 Å². The molecule has 0 unspecified atom stereocenters. The van der Waals surface area contributed by atoms with Crippen molar-refractivity contribution in [2.24, 2.45) is 5.92 Å². The van der Waals surface area contributed by atoms with Gasteiger partial charge in [-0.2, -0.15) is 0 Å². The Morgan fingerprint density at radius 2 is 1.92 bits per heavy atom. The number of nitrogens with one attached hydrogen (secondary N) is 2. The fourth-order valence-corrected chi connectivity index (χ4v) is 4.41. The maximum absolute atomic E-state index is 12.9. The van der Waals surface area contributed by atoms with Crippen LogP contribution in [0.25, 0.3) is 0 Å². The number of fused-ring (bicyclic) bond motifs is 1.